The number of H-pyrrole nitrogens is 1. The van der Waals surface area contributed by atoms with Crippen molar-refractivity contribution < 1.29 is 19.1 Å². The topological polar surface area (TPSA) is 81.3 Å². The van der Waals surface area contributed by atoms with E-state index in [-0.39, 0.29) is 17.8 Å². The highest BCUT2D eigenvalue weighted by Crippen LogP contribution is 2.36. The van der Waals surface area contributed by atoms with Gasteiger partial charge in [-0.3, -0.25) is 4.79 Å². The average molecular weight is 383 g/mol. The van der Waals surface area contributed by atoms with Crippen molar-refractivity contribution in [3.05, 3.63) is 11.9 Å². The zero-order chi connectivity index (χ0) is 19.3. The molecule has 7 heteroatoms. The standard InChI is InChI=1S/C19H30N2O4S/c1-6-24-18(23)15-10-20-19(21-15)26-13(5)17(22)25-16-9-12(4)7-8-14(16)11(2)3/h10-14,16H,6-9H2,1-5H3,(H,20,21). The van der Waals surface area contributed by atoms with Crippen LogP contribution in [0, 0.1) is 17.8 Å². The number of ether oxygens (including phenoxy) is 2. The number of nitrogens with zero attached hydrogens (tertiary/aromatic N) is 1. The van der Waals surface area contributed by atoms with Crippen molar-refractivity contribution >= 4 is 23.7 Å². The van der Waals surface area contributed by atoms with Crippen molar-refractivity contribution in [3.8, 4) is 0 Å². The van der Waals surface area contributed by atoms with Crippen LogP contribution in [0.3, 0.4) is 0 Å². The predicted octanol–water partition coefficient (Wildman–Crippen LogP) is 4.07. The Bertz CT molecular complexity index is 616. The van der Waals surface area contributed by atoms with E-state index in [1.165, 1.54) is 24.4 Å². The van der Waals surface area contributed by atoms with Crippen LogP contribution >= 0.6 is 11.8 Å². The first-order valence-corrected chi connectivity index (χ1v) is 10.3. The molecule has 6 nitrogen and oxygen atoms in total. The zero-order valence-electron chi connectivity index (χ0n) is 16.3. The summed E-state index contributed by atoms with van der Waals surface area (Å²) in [6.45, 7) is 10.5. The molecule has 0 aromatic carbocycles. The summed E-state index contributed by atoms with van der Waals surface area (Å²) in [7, 11) is 0. The highest BCUT2D eigenvalue weighted by molar-refractivity contribution is 8.00. The number of esters is 2. The lowest BCUT2D eigenvalue weighted by Gasteiger charge is -2.37. The van der Waals surface area contributed by atoms with Crippen molar-refractivity contribution in [1.29, 1.82) is 0 Å². The number of rotatable bonds is 7. The number of hydrogen-bond donors (Lipinski definition) is 1. The van der Waals surface area contributed by atoms with Crippen LogP contribution in [-0.2, 0) is 14.3 Å². The highest BCUT2D eigenvalue weighted by atomic mass is 32.2. The second kappa shape index (κ2) is 9.44. The molecule has 1 fully saturated rings. The number of carbonyl (C=O) groups is 2. The number of aromatic nitrogens is 2. The maximum absolute atomic E-state index is 12.6. The number of thioether (sulfide) groups is 1. The van der Waals surface area contributed by atoms with Crippen molar-refractivity contribution in [1.82, 2.24) is 9.97 Å². The van der Waals surface area contributed by atoms with E-state index in [1.54, 1.807) is 13.8 Å². The molecule has 4 unspecified atom stereocenters. The molecule has 0 bridgehead atoms. The van der Waals surface area contributed by atoms with E-state index in [1.807, 2.05) is 0 Å². The Kier molecular flexibility index (Phi) is 7.55. The molecule has 0 aliphatic heterocycles. The second-order valence-electron chi connectivity index (χ2n) is 7.38. The lowest BCUT2D eigenvalue weighted by atomic mass is 9.75. The fourth-order valence-electron chi connectivity index (χ4n) is 3.39. The third-order valence-electron chi connectivity index (χ3n) is 4.90. The number of hydrogen-bond acceptors (Lipinski definition) is 6. The van der Waals surface area contributed by atoms with Crippen molar-refractivity contribution in [2.45, 2.75) is 70.4 Å². The van der Waals surface area contributed by atoms with E-state index in [4.69, 9.17) is 9.47 Å². The fourth-order valence-corrected chi connectivity index (χ4v) is 4.16. The Morgan fingerprint density at radius 1 is 1.35 bits per heavy atom. The van der Waals surface area contributed by atoms with E-state index in [0.717, 1.165) is 12.8 Å². The summed E-state index contributed by atoms with van der Waals surface area (Å²) in [5.74, 6) is 0.835. The SMILES string of the molecule is CCOC(=O)c1cnc(SC(C)C(=O)OC2CC(C)CCC2C(C)C)[nH]1. The minimum absolute atomic E-state index is 0.0130. The van der Waals surface area contributed by atoms with Gasteiger partial charge in [0.05, 0.1) is 12.8 Å². The minimum Gasteiger partial charge on any atom is -0.461 e. The summed E-state index contributed by atoms with van der Waals surface area (Å²) in [6.07, 6.45) is 4.65. The van der Waals surface area contributed by atoms with E-state index >= 15 is 0 Å². The molecule has 2 rings (SSSR count). The lowest BCUT2D eigenvalue weighted by molar-refractivity contribution is -0.154. The Hall–Kier alpha value is -1.50. The van der Waals surface area contributed by atoms with Crippen molar-refractivity contribution in [3.63, 3.8) is 0 Å². The third kappa shape index (κ3) is 5.50. The Morgan fingerprint density at radius 3 is 2.73 bits per heavy atom. The number of nitrogens with one attached hydrogen (secondary N) is 1. The molecule has 1 N–H and O–H groups in total. The number of carbonyl (C=O) groups excluding carboxylic acids is 2. The molecule has 1 aliphatic rings. The highest BCUT2D eigenvalue weighted by Gasteiger charge is 2.34. The second-order valence-corrected chi connectivity index (χ2v) is 8.71. The number of imidazole rings is 1. The summed E-state index contributed by atoms with van der Waals surface area (Å²) in [6, 6.07) is 0. The van der Waals surface area contributed by atoms with Crippen LogP contribution in [-0.4, -0.2) is 39.9 Å². The van der Waals surface area contributed by atoms with Crippen molar-refractivity contribution in [2.24, 2.45) is 17.8 Å². The van der Waals surface area contributed by atoms with Gasteiger partial charge < -0.3 is 14.5 Å². The fraction of sp³-hybridized carbons (Fsp3) is 0.737. The van der Waals surface area contributed by atoms with Gasteiger partial charge in [0.25, 0.3) is 0 Å². The molecule has 0 amide bonds. The first-order valence-electron chi connectivity index (χ1n) is 9.41. The summed E-state index contributed by atoms with van der Waals surface area (Å²) in [5.41, 5.74) is 0.288. The monoisotopic (exact) mass is 382 g/mol. The number of aromatic amines is 1. The first kappa shape index (κ1) is 20.8. The van der Waals surface area contributed by atoms with Crippen LogP contribution in [0.2, 0.25) is 0 Å². The lowest BCUT2D eigenvalue weighted by Crippen LogP contribution is -2.37. The van der Waals surface area contributed by atoms with E-state index in [9.17, 15) is 9.59 Å². The minimum atomic E-state index is -0.446. The van der Waals surface area contributed by atoms with Gasteiger partial charge in [-0.05, 0) is 44.4 Å². The van der Waals surface area contributed by atoms with Gasteiger partial charge in [0.15, 0.2) is 5.16 Å². The molecule has 1 aromatic rings. The molecule has 146 valence electrons. The molecule has 1 saturated carbocycles. The van der Waals surface area contributed by atoms with Gasteiger partial charge in [-0.15, -0.1) is 0 Å². The van der Waals surface area contributed by atoms with Crippen molar-refractivity contribution in [2.75, 3.05) is 6.61 Å². The maximum Gasteiger partial charge on any atom is 0.356 e. The molecule has 0 spiro atoms. The van der Waals surface area contributed by atoms with Crippen LogP contribution in [0.25, 0.3) is 0 Å². The van der Waals surface area contributed by atoms with Crippen LogP contribution in [0.1, 0.15) is 64.4 Å². The van der Waals surface area contributed by atoms with Crippen LogP contribution in [0.15, 0.2) is 11.4 Å². The molecule has 0 saturated heterocycles. The van der Waals surface area contributed by atoms with E-state index in [2.05, 4.69) is 30.7 Å². The van der Waals surface area contributed by atoms with Crippen LogP contribution in [0.5, 0.6) is 0 Å². The third-order valence-corrected chi connectivity index (χ3v) is 5.87. The normalized spacial score (nSPS) is 24.3. The molecule has 0 radical (unpaired) electrons. The van der Waals surface area contributed by atoms with E-state index in [0.29, 0.717) is 29.5 Å². The first-order chi connectivity index (χ1) is 12.3. The maximum atomic E-state index is 12.6. The molecular formula is C19H30N2O4S. The summed E-state index contributed by atoms with van der Waals surface area (Å²) >= 11 is 1.26. The summed E-state index contributed by atoms with van der Waals surface area (Å²) in [5, 5.41) is 0.108. The Morgan fingerprint density at radius 2 is 2.08 bits per heavy atom. The molecule has 26 heavy (non-hydrogen) atoms. The molecular weight excluding hydrogens is 352 g/mol. The van der Waals surface area contributed by atoms with Crippen LogP contribution < -0.4 is 0 Å². The predicted molar refractivity (Wildman–Crippen MR) is 101 cm³/mol. The van der Waals surface area contributed by atoms with Gasteiger partial charge in [0.1, 0.15) is 17.0 Å². The largest absolute Gasteiger partial charge is 0.461 e. The summed E-state index contributed by atoms with van der Waals surface area (Å²) < 4.78 is 10.8. The molecule has 1 aromatic heterocycles. The zero-order valence-corrected chi connectivity index (χ0v) is 17.1. The Balaban J connectivity index is 1.93. The molecule has 1 heterocycles. The van der Waals surface area contributed by atoms with Gasteiger partial charge >= 0.3 is 11.9 Å². The quantitative estimate of drug-likeness (QED) is 0.565. The summed E-state index contributed by atoms with van der Waals surface area (Å²) in [4.78, 5) is 31.3. The van der Waals surface area contributed by atoms with Gasteiger partial charge in [-0.1, -0.05) is 39.0 Å². The molecule has 4 atom stereocenters. The van der Waals surface area contributed by atoms with Gasteiger partial charge in [0, 0.05) is 0 Å². The smallest absolute Gasteiger partial charge is 0.356 e. The molecule has 1 aliphatic carbocycles. The van der Waals surface area contributed by atoms with Gasteiger partial charge in [0.2, 0.25) is 0 Å². The van der Waals surface area contributed by atoms with E-state index < -0.39 is 11.2 Å². The van der Waals surface area contributed by atoms with Crippen LogP contribution in [0.4, 0.5) is 0 Å². The van der Waals surface area contributed by atoms with Gasteiger partial charge in [-0.25, -0.2) is 9.78 Å². The van der Waals surface area contributed by atoms with Gasteiger partial charge in [-0.2, -0.15) is 0 Å². The Labute approximate surface area is 159 Å². The average Bonchev–Trinajstić information content (AvgIpc) is 3.03.